The first-order chi connectivity index (χ1) is 6.52. The number of aliphatic carboxylic acids is 1. The number of carboxylic acids is 1. The van der Waals surface area contributed by atoms with Crippen molar-refractivity contribution in [2.45, 2.75) is 26.7 Å². The molecule has 0 saturated heterocycles. The minimum absolute atomic E-state index is 0. The van der Waals surface area contributed by atoms with Crippen molar-refractivity contribution < 1.29 is 29.4 Å². The zero-order chi connectivity index (χ0) is 10.6. The Labute approximate surface area is 103 Å². The van der Waals surface area contributed by atoms with Gasteiger partial charge < -0.3 is 5.11 Å². The van der Waals surface area contributed by atoms with Gasteiger partial charge in [0.1, 0.15) is 0 Å². The summed E-state index contributed by atoms with van der Waals surface area (Å²) >= 11 is 0. The first kappa shape index (κ1) is 14.3. The summed E-state index contributed by atoms with van der Waals surface area (Å²) in [4.78, 5) is 10.8. The molecule has 0 atom stereocenters. The van der Waals surface area contributed by atoms with E-state index in [2.05, 4.69) is 0 Å². The third-order valence-electron chi connectivity index (χ3n) is 2.46. The summed E-state index contributed by atoms with van der Waals surface area (Å²) in [5, 5.41) is 8.92. The Balaban J connectivity index is 0.00000196. The summed E-state index contributed by atoms with van der Waals surface area (Å²) in [6.45, 7) is 3.52. The van der Waals surface area contributed by atoms with Gasteiger partial charge in [0.25, 0.3) is 0 Å². The van der Waals surface area contributed by atoms with Crippen LogP contribution in [0.1, 0.15) is 25.8 Å². The Bertz CT molecular complexity index is 307. The fraction of sp³-hybridized carbons (Fsp3) is 0.417. The first-order valence-corrected chi connectivity index (χ1v) is 4.80. The van der Waals surface area contributed by atoms with Crippen LogP contribution < -0.4 is 0 Å². The minimum atomic E-state index is -0.728. The van der Waals surface area contributed by atoms with E-state index in [1.165, 1.54) is 5.56 Å². The molecule has 0 fully saturated rings. The minimum Gasteiger partial charge on any atom is -0.481 e. The van der Waals surface area contributed by atoms with Crippen LogP contribution >= 0.6 is 0 Å². The second kappa shape index (κ2) is 6.02. The number of carboxylic acid groups (broad SMARTS) is 1. The SMILES string of the molecule is CC(C)(CCc1ccccc1)C(=O)O.[Zn]. The van der Waals surface area contributed by atoms with Crippen LogP contribution in [0, 0.1) is 5.41 Å². The van der Waals surface area contributed by atoms with Gasteiger partial charge in [-0.25, -0.2) is 0 Å². The monoisotopic (exact) mass is 256 g/mol. The predicted molar refractivity (Wildman–Crippen MR) is 56.2 cm³/mol. The molecule has 0 radical (unpaired) electrons. The van der Waals surface area contributed by atoms with E-state index in [1.807, 2.05) is 30.3 Å². The molecule has 0 unspecified atom stereocenters. The number of benzene rings is 1. The van der Waals surface area contributed by atoms with Gasteiger partial charge >= 0.3 is 5.97 Å². The van der Waals surface area contributed by atoms with Gasteiger partial charge in [-0.1, -0.05) is 30.3 Å². The molecule has 0 aliphatic rings. The standard InChI is InChI=1S/C12H16O2.Zn/c1-12(2,11(13)14)9-8-10-6-4-3-5-7-10;/h3-7H,8-9H2,1-2H3,(H,13,14);. The molecule has 0 bridgehead atoms. The second-order valence-electron chi connectivity index (χ2n) is 4.17. The van der Waals surface area contributed by atoms with E-state index < -0.39 is 11.4 Å². The molecule has 78 valence electrons. The Kier molecular flexibility index (Phi) is 5.74. The second-order valence-corrected chi connectivity index (χ2v) is 4.17. The van der Waals surface area contributed by atoms with Crippen molar-refractivity contribution in [1.82, 2.24) is 0 Å². The van der Waals surface area contributed by atoms with E-state index in [4.69, 9.17) is 5.11 Å². The van der Waals surface area contributed by atoms with Crippen LogP contribution in [0.15, 0.2) is 30.3 Å². The van der Waals surface area contributed by atoms with Gasteiger partial charge in [0, 0.05) is 19.5 Å². The number of carbonyl (C=O) groups is 1. The van der Waals surface area contributed by atoms with Gasteiger partial charge in [-0.05, 0) is 32.3 Å². The van der Waals surface area contributed by atoms with Crippen LogP contribution in [-0.4, -0.2) is 11.1 Å². The van der Waals surface area contributed by atoms with Gasteiger partial charge in [-0.3, -0.25) is 4.79 Å². The molecule has 0 aliphatic heterocycles. The summed E-state index contributed by atoms with van der Waals surface area (Å²) < 4.78 is 0. The number of hydrogen-bond donors (Lipinski definition) is 1. The van der Waals surface area contributed by atoms with Gasteiger partial charge in [0.2, 0.25) is 0 Å². The van der Waals surface area contributed by atoms with E-state index >= 15 is 0 Å². The van der Waals surface area contributed by atoms with Crippen molar-refractivity contribution in [1.29, 1.82) is 0 Å². The molecule has 1 aromatic carbocycles. The van der Waals surface area contributed by atoms with Crippen LogP contribution in [0.25, 0.3) is 0 Å². The molecule has 0 heterocycles. The normalized spacial score (nSPS) is 10.5. The van der Waals surface area contributed by atoms with Gasteiger partial charge in [0.05, 0.1) is 5.41 Å². The first-order valence-electron chi connectivity index (χ1n) is 4.80. The van der Waals surface area contributed by atoms with Gasteiger partial charge in [0.15, 0.2) is 0 Å². The van der Waals surface area contributed by atoms with E-state index in [9.17, 15) is 4.79 Å². The van der Waals surface area contributed by atoms with E-state index in [-0.39, 0.29) is 19.5 Å². The topological polar surface area (TPSA) is 37.3 Å². The largest absolute Gasteiger partial charge is 0.481 e. The van der Waals surface area contributed by atoms with E-state index in [0.29, 0.717) is 6.42 Å². The molecule has 1 N–H and O–H groups in total. The molecular weight excluding hydrogens is 242 g/mol. The van der Waals surface area contributed by atoms with Gasteiger partial charge in [-0.2, -0.15) is 0 Å². The summed E-state index contributed by atoms with van der Waals surface area (Å²) in [5.41, 5.74) is 0.567. The van der Waals surface area contributed by atoms with Crippen LogP contribution in [0.5, 0.6) is 0 Å². The third kappa shape index (κ3) is 4.57. The van der Waals surface area contributed by atoms with Crippen LogP contribution in [0.4, 0.5) is 0 Å². The molecule has 1 aromatic rings. The fourth-order valence-electron chi connectivity index (χ4n) is 1.21. The third-order valence-corrected chi connectivity index (χ3v) is 2.46. The van der Waals surface area contributed by atoms with Gasteiger partial charge in [-0.15, -0.1) is 0 Å². The maximum absolute atomic E-state index is 10.8. The van der Waals surface area contributed by atoms with Crippen LogP contribution in [-0.2, 0) is 30.7 Å². The Morgan fingerprint density at radius 1 is 1.27 bits per heavy atom. The average Bonchev–Trinajstić information content (AvgIpc) is 2.16. The fourth-order valence-corrected chi connectivity index (χ4v) is 1.21. The average molecular weight is 258 g/mol. The summed E-state index contributed by atoms with van der Waals surface area (Å²) in [6, 6.07) is 9.97. The number of aryl methyl sites for hydroxylation is 1. The van der Waals surface area contributed by atoms with Crippen molar-refractivity contribution in [3.8, 4) is 0 Å². The number of hydrogen-bond acceptors (Lipinski definition) is 1. The van der Waals surface area contributed by atoms with Crippen LogP contribution in [0.3, 0.4) is 0 Å². The molecule has 0 spiro atoms. The van der Waals surface area contributed by atoms with Crippen molar-refractivity contribution >= 4 is 5.97 Å². The van der Waals surface area contributed by atoms with E-state index in [1.54, 1.807) is 13.8 Å². The predicted octanol–water partition coefficient (Wildman–Crippen LogP) is 2.73. The van der Waals surface area contributed by atoms with Crippen LogP contribution in [0.2, 0.25) is 0 Å². The zero-order valence-electron chi connectivity index (χ0n) is 9.36. The Morgan fingerprint density at radius 2 is 1.80 bits per heavy atom. The van der Waals surface area contributed by atoms with Crippen molar-refractivity contribution in [2.24, 2.45) is 5.41 Å². The van der Waals surface area contributed by atoms with E-state index in [0.717, 1.165) is 6.42 Å². The zero-order valence-corrected chi connectivity index (χ0v) is 12.3. The molecule has 3 heteroatoms. The smallest absolute Gasteiger partial charge is 0.309 e. The van der Waals surface area contributed by atoms with Crippen molar-refractivity contribution in [3.05, 3.63) is 35.9 Å². The van der Waals surface area contributed by atoms with Crippen molar-refractivity contribution in [3.63, 3.8) is 0 Å². The Hall–Kier alpha value is -0.687. The molecule has 0 saturated carbocycles. The molecule has 2 nitrogen and oxygen atoms in total. The summed E-state index contributed by atoms with van der Waals surface area (Å²) in [5.74, 6) is -0.728. The summed E-state index contributed by atoms with van der Waals surface area (Å²) in [7, 11) is 0. The maximum atomic E-state index is 10.8. The molecule has 15 heavy (non-hydrogen) atoms. The number of rotatable bonds is 4. The summed E-state index contributed by atoms with van der Waals surface area (Å²) in [6.07, 6.45) is 1.49. The maximum Gasteiger partial charge on any atom is 0.309 e. The molecule has 0 aromatic heterocycles. The molecule has 0 aliphatic carbocycles. The molecular formula is C12H16O2Zn. The quantitative estimate of drug-likeness (QED) is 0.842. The van der Waals surface area contributed by atoms with Crippen molar-refractivity contribution in [2.75, 3.05) is 0 Å². The molecule has 1 rings (SSSR count). The molecule has 0 amide bonds. The Morgan fingerprint density at radius 3 is 2.27 bits per heavy atom.